The zero-order valence-corrected chi connectivity index (χ0v) is 13.1. The van der Waals surface area contributed by atoms with Crippen LogP contribution >= 0.6 is 11.6 Å². The van der Waals surface area contributed by atoms with Crippen LogP contribution < -0.4 is 10.6 Å². The number of methoxy groups -OCH3 is 1. The van der Waals surface area contributed by atoms with Crippen molar-refractivity contribution in [3.05, 3.63) is 28.8 Å². The lowest BCUT2D eigenvalue weighted by atomic mass is 10.1. The van der Waals surface area contributed by atoms with E-state index in [1.807, 2.05) is 13.0 Å². The van der Waals surface area contributed by atoms with Gasteiger partial charge in [0.15, 0.2) is 0 Å². The minimum Gasteiger partial charge on any atom is -0.384 e. The summed E-state index contributed by atoms with van der Waals surface area (Å²) >= 11 is 5.98. The van der Waals surface area contributed by atoms with Crippen LogP contribution in [0.1, 0.15) is 30.6 Å². The molecular formula is C15H23ClN2O2. The molecule has 0 aliphatic rings. The number of halogens is 1. The average molecular weight is 299 g/mol. The average Bonchev–Trinajstić information content (AvgIpc) is 2.43. The number of amides is 1. The van der Waals surface area contributed by atoms with E-state index in [2.05, 4.69) is 17.6 Å². The number of anilines is 1. The maximum atomic E-state index is 12.2. The van der Waals surface area contributed by atoms with Gasteiger partial charge in [-0.05, 0) is 30.5 Å². The predicted octanol–water partition coefficient (Wildman–Crippen LogP) is 3.17. The van der Waals surface area contributed by atoms with Crippen LogP contribution in [0, 0.1) is 5.92 Å². The highest BCUT2D eigenvalue weighted by atomic mass is 35.5. The first kappa shape index (κ1) is 16.8. The van der Waals surface area contributed by atoms with Crippen LogP contribution in [0.3, 0.4) is 0 Å². The molecule has 20 heavy (non-hydrogen) atoms. The molecule has 5 heteroatoms. The molecule has 0 aliphatic heterocycles. The number of rotatable bonds is 8. The molecule has 0 fully saturated rings. The zero-order valence-electron chi connectivity index (χ0n) is 12.3. The van der Waals surface area contributed by atoms with Crippen LogP contribution in [-0.4, -0.2) is 32.7 Å². The van der Waals surface area contributed by atoms with Crippen LogP contribution in [0.2, 0.25) is 5.02 Å². The van der Waals surface area contributed by atoms with E-state index in [0.29, 0.717) is 23.7 Å². The highest BCUT2D eigenvalue weighted by Crippen LogP contribution is 2.20. The van der Waals surface area contributed by atoms with Crippen molar-refractivity contribution in [1.82, 2.24) is 5.32 Å². The fraction of sp³-hybridized carbons (Fsp3) is 0.533. The van der Waals surface area contributed by atoms with Crippen molar-refractivity contribution in [2.75, 3.05) is 32.1 Å². The normalized spacial score (nSPS) is 12.0. The Morgan fingerprint density at radius 1 is 1.45 bits per heavy atom. The molecule has 0 aromatic heterocycles. The van der Waals surface area contributed by atoms with Gasteiger partial charge in [0.1, 0.15) is 0 Å². The maximum Gasteiger partial charge on any atom is 0.253 e. The Bertz CT molecular complexity index is 438. The van der Waals surface area contributed by atoms with E-state index < -0.39 is 0 Å². The molecule has 0 heterocycles. The number of hydrogen-bond donors (Lipinski definition) is 2. The second-order valence-corrected chi connectivity index (χ2v) is 5.32. The molecule has 1 aromatic carbocycles. The fourth-order valence-electron chi connectivity index (χ4n) is 1.82. The standard InChI is InChI=1S/C15H23ClN2O2/c1-4-7-17-14-6-5-12(16)8-13(14)15(19)18-9-11(2)10-20-3/h5-6,8,11,17H,4,7,9-10H2,1-3H3,(H,18,19). The summed E-state index contributed by atoms with van der Waals surface area (Å²) < 4.78 is 5.05. The summed E-state index contributed by atoms with van der Waals surface area (Å²) in [6.07, 6.45) is 0.995. The lowest BCUT2D eigenvalue weighted by Crippen LogP contribution is -2.30. The summed E-state index contributed by atoms with van der Waals surface area (Å²) in [7, 11) is 1.65. The first-order valence-corrected chi connectivity index (χ1v) is 7.26. The van der Waals surface area contributed by atoms with Crippen molar-refractivity contribution in [2.45, 2.75) is 20.3 Å². The third kappa shape index (κ3) is 5.39. The maximum absolute atomic E-state index is 12.2. The molecule has 2 N–H and O–H groups in total. The first-order chi connectivity index (χ1) is 9.58. The van der Waals surface area contributed by atoms with E-state index in [0.717, 1.165) is 18.7 Å². The van der Waals surface area contributed by atoms with Crippen molar-refractivity contribution < 1.29 is 9.53 Å². The number of carbonyl (C=O) groups excluding carboxylic acids is 1. The van der Waals surface area contributed by atoms with Crippen molar-refractivity contribution >= 4 is 23.2 Å². The molecule has 1 rings (SSSR count). The van der Waals surface area contributed by atoms with Crippen LogP contribution in [-0.2, 0) is 4.74 Å². The molecule has 0 saturated heterocycles. The third-order valence-electron chi connectivity index (χ3n) is 2.85. The summed E-state index contributed by atoms with van der Waals surface area (Å²) in [6.45, 7) is 6.12. The fourth-order valence-corrected chi connectivity index (χ4v) is 2.00. The monoisotopic (exact) mass is 298 g/mol. The Hall–Kier alpha value is -1.26. The molecule has 1 amide bonds. The molecule has 1 unspecified atom stereocenters. The van der Waals surface area contributed by atoms with Crippen LogP contribution in [0.25, 0.3) is 0 Å². The summed E-state index contributed by atoms with van der Waals surface area (Å²) in [5.41, 5.74) is 1.39. The van der Waals surface area contributed by atoms with Crippen molar-refractivity contribution in [3.63, 3.8) is 0 Å². The first-order valence-electron chi connectivity index (χ1n) is 6.89. The quantitative estimate of drug-likeness (QED) is 0.775. The number of carbonyl (C=O) groups is 1. The Kier molecular flexibility index (Phi) is 7.41. The Morgan fingerprint density at radius 3 is 2.85 bits per heavy atom. The van der Waals surface area contributed by atoms with Crippen LogP contribution in [0.4, 0.5) is 5.69 Å². The Balaban J connectivity index is 2.72. The van der Waals surface area contributed by atoms with E-state index >= 15 is 0 Å². The van der Waals surface area contributed by atoms with Crippen molar-refractivity contribution in [1.29, 1.82) is 0 Å². The third-order valence-corrected chi connectivity index (χ3v) is 3.09. The van der Waals surface area contributed by atoms with Gasteiger partial charge >= 0.3 is 0 Å². The van der Waals surface area contributed by atoms with Crippen molar-refractivity contribution in [2.24, 2.45) is 5.92 Å². The number of ether oxygens (including phenoxy) is 1. The molecule has 0 radical (unpaired) electrons. The Labute approximate surface area is 125 Å². The van der Waals surface area contributed by atoms with E-state index in [9.17, 15) is 4.79 Å². The number of hydrogen-bond acceptors (Lipinski definition) is 3. The molecule has 0 bridgehead atoms. The lowest BCUT2D eigenvalue weighted by molar-refractivity contribution is 0.0935. The summed E-state index contributed by atoms with van der Waals surface area (Å²) in [5.74, 6) is 0.157. The molecule has 0 spiro atoms. The van der Waals surface area contributed by atoms with Crippen LogP contribution in [0.15, 0.2) is 18.2 Å². The molecule has 0 aliphatic carbocycles. The van der Waals surface area contributed by atoms with E-state index in [1.165, 1.54) is 0 Å². The topological polar surface area (TPSA) is 50.4 Å². The van der Waals surface area contributed by atoms with Gasteiger partial charge in [0.2, 0.25) is 0 Å². The second kappa shape index (κ2) is 8.82. The van der Waals surface area contributed by atoms with E-state index in [1.54, 1.807) is 19.2 Å². The van der Waals surface area contributed by atoms with Gasteiger partial charge in [0.05, 0.1) is 12.2 Å². The van der Waals surface area contributed by atoms with Gasteiger partial charge in [-0.3, -0.25) is 4.79 Å². The van der Waals surface area contributed by atoms with Crippen molar-refractivity contribution in [3.8, 4) is 0 Å². The summed E-state index contributed by atoms with van der Waals surface area (Å²) in [4.78, 5) is 12.2. The smallest absolute Gasteiger partial charge is 0.253 e. The lowest BCUT2D eigenvalue weighted by Gasteiger charge is -2.14. The largest absolute Gasteiger partial charge is 0.384 e. The van der Waals surface area contributed by atoms with Gasteiger partial charge in [0.25, 0.3) is 5.91 Å². The second-order valence-electron chi connectivity index (χ2n) is 4.89. The highest BCUT2D eigenvalue weighted by molar-refractivity contribution is 6.31. The summed E-state index contributed by atoms with van der Waals surface area (Å²) in [6, 6.07) is 5.31. The zero-order chi connectivity index (χ0) is 15.0. The number of nitrogens with one attached hydrogen (secondary N) is 2. The van der Waals surface area contributed by atoms with Gasteiger partial charge < -0.3 is 15.4 Å². The van der Waals surface area contributed by atoms with Crippen LogP contribution in [0.5, 0.6) is 0 Å². The predicted molar refractivity (Wildman–Crippen MR) is 83.6 cm³/mol. The summed E-state index contributed by atoms with van der Waals surface area (Å²) in [5, 5.41) is 6.71. The van der Waals surface area contributed by atoms with E-state index in [4.69, 9.17) is 16.3 Å². The molecule has 1 aromatic rings. The molecular weight excluding hydrogens is 276 g/mol. The van der Waals surface area contributed by atoms with Gasteiger partial charge in [-0.15, -0.1) is 0 Å². The van der Waals surface area contributed by atoms with Gasteiger partial charge in [0, 0.05) is 30.9 Å². The highest BCUT2D eigenvalue weighted by Gasteiger charge is 2.13. The van der Waals surface area contributed by atoms with Gasteiger partial charge in [-0.1, -0.05) is 25.4 Å². The molecule has 4 nitrogen and oxygen atoms in total. The van der Waals surface area contributed by atoms with E-state index in [-0.39, 0.29) is 11.8 Å². The van der Waals surface area contributed by atoms with Gasteiger partial charge in [-0.25, -0.2) is 0 Å². The SMILES string of the molecule is CCCNc1ccc(Cl)cc1C(=O)NCC(C)COC. The minimum atomic E-state index is -0.117. The minimum absolute atomic E-state index is 0.117. The van der Waals surface area contributed by atoms with Gasteiger partial charge in [-0.2, -0.15) is 0 Å². The molecule has 1 atom stereocenters. The molecule has 112 valence electrons. The number of benzene rings is 1. The molecule has 0 saturated carbocycles. The Morgan fingerprint density at radius 2 is 2.20 bits per heavy atom.